The molecule has 9 heteroatoms. The normalized spacial score (nSPS) is 15.2. The third-order valence-electron chi connectivity index (χ3n) is 4.79. The maximum absolute atomic E-state index is 13.9. The number of carbonyl (C=O) groups is 2. The SMILES string of the molecule is COc1ccc(-c2cc3n(n2)[C@@H](C(=O)Nc2ccccc2F)CC(=O)N3)cc1OC. The quantitative estimate of drug-likeness (QED) is 0.674. The molecule has 2 aromatic carbocycles. The molecule has 1 atom stereocenters. The molecular formula is C21H19FN4O4. The Bertz CT molecular complexity index is 1130. The van der Waals surface area contributed by atoms with Crippen molar-refractivity contribution >= 4 is 23.3 Å². The number of aromatic nitrogens is 2. The van der Waals surface area contributed by atoms with E-state index in [1.165, 1.54) is 30.0 Å². The summed E-state index contributed by atoms with van der Waals surface area (Å²) in [5.74, 6) is 0.0650. The molecule has 0 bridgehead atoms. The lowest BCUT2D eigenvalue weighted by atomic mass is 10.1. The van der Waals surface area contributed by atoms with Gasteiger partial charge in [0.05, 0.1) is 32.0 Å². The Labute approximate surface area is 171 Å². The largest absolute Gasteiger partial charge is 0.493 e. The molecule has 3 aromatic rings. The van der Waals surface area contributed by atoms with Crippen molar-refractivity contribution in [3.63, 3.8) is 0 Å². The monoisotopic (exact) mass is 410 g/mol. The highest BCUT2D eigenvalue weighted by molar-refractivity contribution is 6.01. The van der Waals surface area contributed by atoms with Gasteiger partial charge in [-0.05, 0) is 30.3 Å². The summed E-state index contributed by atoms with van der Waals surface area (Å²) in [4.78, 5) is 24.9. The molecule has 1 aliphatic rings. The summed E-state index contributed by atoms with van der Waals surface area (Å²) in [5, 5.41) is 9.75. The fourth-order valence-electron chi connectivity index (χ4n) is 3.30. The summed E-state index contributed by atoms with van der Waals surface area (Å²) in [6.07, 6.45) is -0.111. The molecule has 8 nitrogen and oxygen atoms in total. The van der Waals surface area contributed by atoms with Gasteiger partial charge >= 0.3 is 0 Å². The lowest BCUT2D eigenvalue weighted by Crippen LogP contribution is -2.35. The second kappa shape index (κ2) is 7.86. The minimum atomic E-state index is -0.915. The van der Waals surface area contributed by atoms with Crippen LogP contribution >= 0.6 is 0 Å². The number of nitrogens with zero attached hydrogens (tertiary/aromatic N) is 2. The zero-order chi connectivity index (χ0) is 21.3. The molecule has 30 heavy (non-hydrogen) atoms. The van der Waals surface area contributed by atoms with Crippen molar-refractivity contribution in [3.8, 4) is 22.8 Å². The Morgan fingerprint density at radius 2 is 1.93 bits per heavy atom. The maximum Gasteiger partial charge on any atom is 0.249 e. The third-order valence-corrected chi connectivity index (χ3v) is 4.79. The van der Waals surface area contributed by atoms with Crippen LogP contribution in [0.5, 0.6) is 11.5 Å². The van der Waals surface area contributed by atoms with Crippen molar-refractivity contribution in [3.05, 3.63) is 54.3 Å². The first-order chi connectivity index (χ1) is 14.5. The molecule has 0 saturated heterocycles. The van der Waals surface area contributed by atoms with Gasteiger partial charge in [0, 0.05) is 11.6 Å². The van der Waals surface area contributed by atoms with Gasteiger partial charge in [0.25, 0.3) is 0 Å². The van der Waals surface area contributed by atoms with Crippen LogP contribution in [0.1, 0.15) is 12.5 Å². The number of benzene rings is 2. The van der Waals surface area contributed by atoms with Crippen LogP contribution in [0.25, 0.3) is 11.3 Å². The number of amides is 2. The van der Waals surface area contributed by atoms with E-state index >= 15 is 0 Å². The molecule has 2 heterocycles. The van der Waals surface area contributed by atoms with E-state index in [-0.39, 0.29) is 18.0 Å². The van der Waals surface area contributed by atoms with E-state index in [1.54, 1.807) is 37.4 Å². The molecule has 0 aliphatic carbocycles. The molecule has 4 rings (SSSR count). The molecule has 0 fully saturated rings. The first kappa shape index (κ1) is 19.4. The number of ether oxygens (including phenoxy) is 2. The number of rotatable bonds is 5. The van der Waals surface area contributed by atoms with Crippen LogP contribution in [0.15, 0.2) is 48.5 Å². The highest BCUT2D eigenvalue weighted by Gasteiger charge is 2.32. The van der Waals surface area contributed by atoms with E-state index < -0.39 is 17.8 Å². The third kappa shape index (κ3) is 3.57. The molecule has 1 aliphatic heterocycles. The summed E-state index contributed by atoms with van der Waals surface area (Å²) in [7, 11) is 3.07. The summed E-state index contributed by atoms with van der Waals surface area (Å²) >= 11 is 0. The Hall–Kier alpha value is -3.88. The molecule has 0 unspecified atom stereocenters. The molecule has 154 valence electrons. The second-order valence-corrected chi connectivity index (χ2v) is 6.67. The zero-order valence-corrected chi connectivity index (χ0v) is 16.3. The molecule has 2 N–H and O–H groups in total. The zero-order valence-electron chi connectivity index (χ0n) is 16.3. The molecular weight excluding hydrogens is 391 g/mol. The lowest BCUT2D eigenvalue weighted by Gasteiger charge is -2.23. The van der Waals surface area contributed by atoms with Crippen molar-refractivity contribution in [1.82, 2.24) is 9.78 Å². The topological polar surface area (TPSA) is 94.5 Å². The number of para-hydroxylation sites is 1. The van der Waals surface area contributed by atoms with Gasteiger partial charge in [-0.15, -0.1) is 0 Å². The van der Waals surface area contributed by atoms with Crippen molar-refractivity contribution in [2.45, 2.75) is 12.5 Å². The average Bonchev–Trinajstić information content (AvgIpc) is 3.18. The van der Waals surface area contributed by atoms with E-state index in [1.807, 2.05) is 0 Å². The van der Waals surface area contributed by atoms with Gasteiger partial charge in [-0.3, -0.25) is 9.59 Å². The van der Waals surface area contributed by atoms with Gasteiger partial charge in [-0.2, -0.15) is 5.10 Å². The van der Waals surface area contributed by atoms with Crippen LogP contribution in [0.3, 0.4) is 0 Å². The fraction of sp³-hybridized carbons (Fsp3) is 0.190. The molecule has 0 saturated carbocycles. The van der Waals surface area contributed by atoms with E-state index in [0.717, 1.165) is 5.56 Å². The van der Waals surface area contributed by atoms with Crippen molar-refractivity contribution in [2.75, 3.05) is 24.9 Å². The molecule has 1 aromatic heterocycles. The van der Waals surface area contributed by atoms with Gasteiger partial charge in [0.15, 0.2) is 11.5 Å². The van der Waals surface area contributed by atoms with Crippen molar-refractivity contribution in [1.29, 1.82) is 0 Å². The first-order valence-corrected chi connectivity index (χ1v) is 9.17. The molecule has 0 radical (unpaired) electrons. The van der Waals surface area contributed by atoms with Crippen LogP contribution in [-0.2, 0) is 9.59 Å². The number of halogens is 1. The van der Waals surface area contributed by atoms with E-state index in [4.69, 9.17) is 9.47 Å². The Morgan fingerprint density at radius 3 is 2.67 bits per heavy atom. The van der Waals surface area contributed by atoms with E-state index in [2.05, 4.69) is 15.7 Å². The Balaban J connectivity index is 1.67. The molecule has 2 amide bonds. The van der Waals surface area contributed by atoms with Crippen molar-refractivity contribution < 1.29 is 23.5 Å². The number of hydrogen-bond donors (Lipinski definition) is 2. The number of anilines is 2. The van der Waals surface area contributed by atoms with E-state index in [0.29, 0.717) is 23.0 Å². The lowest BCUT2D eigenvalue weighted by molar-refractivity contribution is -0.125. The van der Waals surface area contributed by atoms with Crippen LogP contribution in [0, 0.1) is 5.82 Å². The fourth-order valence-corrected chi connectivity index (χ4v) is 3.30. The number of fused-ring (bicyclic) bond motifs is 1. The highest BCUT2D eigenvalue weighted by atomic mass is 19.1. The summed E-state index contributed by atoms with van der Waals surface area (Å²) in [6.45, 7) is 0. The average molecular weight is 410 g/mol. The van der Waals surface area contributed by atoms with Gasteiger partial charge in [0.2, 0.25) is 11.8 Å². The minimum absolute atomic E-state index is 0.0438. The van der Waals surface area contributed by atoms with E-state index in [9.17, 15) is 14.0 Å². The Kier molecular flexibility index (Phi) is 5.09. The van der Waals surface area contributed by atoms with Gasteiger partial charge < -0.3 is 20.1 Å². The minimum Gasteiger partial charge on any atom is -0.493 e. The van der Waals surface area contributed by atoms with Crippen LogP contribution < -0.4 is 20.1 Å². The second-order valence-electron chi connectivity index (χ2n) is 6.67. The smallest absolute Gasteiger partial charge is 0.249 e. The summed E-state index contributed by atoms with van der Waals surface area (Å²) < 4.78 is 25.9. The predicted octanol–water partition coefficient (Wildman–Crippen LogP) is 3.23. The van der Waals surface area contributed by atoms with Crippen LogP contribution in [-0.4, -0.2) is 35.8 Å². The number of nitrogens with one attached hydrogen (secondary N) is 2. The van der Waals surface area contributed by atoms with Gasteiger partial charge in [0.1, 0.15) is 17.7 Å². The predicted molar refractivity (Wildman–Crippen MR) is 108 cm³/mol. The summed E-state index contributed by atoms with van der Waals surface area (Å²) in [6, 6.07) is 11.9. The first-order valence-electron chi connectivity index (χ1n) is 9.17. The number of hydrogen-bond acceptors (Lipinski definition) is 5. The standard InChI is InChI=1S/C21H19FN4O4/c1-29-17-8-7-12(9-18(17)30-2)15-10-19-24-20(27)11-16(26(19)25-15)21(28)23-14-6-4-3-5-13(14)22/h3-10,16H,11H2,1-2H3,(H,23,28)(H,24,27)/t16-/m1/s1. The molecule has 0 spiro atoms. The number of carbonyl (C=O) groups excluding carboxylic acids is 2. The summed E-state index contributed by atoms with van der Waals surface area (Å²) in [5.41, 5.74) is 1.30. The highest BCUT2D eigenvalue weighted by Crippen LogP contribution is 2.35. The van der Waals surface area contributed by atoms with Gasteiger partial charge in [-0.1, -0.05) is 12.1 Å². The van der Waals surface area contributed by atoms with Crippen LogP contribution in [0.4, 0.5) is 15.9 Å². The van der Waals surface area contributed by atoms with Crippen LogP contribution in [0.2, 0.25) is 0 Å². The van der Waals surface area contributed by atoms with Crippen molar-refractivity contribution in [2.24, 2.45) is 0 Å². The number of methoxy groups -OCH3 is 2. The maximum atomic E-state index is 13.9. The Morgan fingerprint density at radius 1 is 1.17 bits per heavy atom. The van der Waals surface area contributed by atoms with Gasteiger partial charge in [-0.25, -0.2) is 9.07 Å².